The van der Waals surface area contributed by atoms with E-state index in [-0.39, 0.29) is 16.3 Å². The van der Waals surface area contributed by atoms with Gasteiger partial charge in [-0.25, -0.2) is 10.2 Å². The summed E-state index contributed by atoms with van der Waals surface area (Å²) in [4.78, 5) is 29.5. The number of carbonyl (C=O) groups excluding carboxylic acids is 2. The molecule has 0 aliphatic carbocycles. The second-order valence-corrected chi connectivity index (χ2v) is 10.9. The minimum absolute atomic E-state index is 0.218. The monoisotopic (exact) mass is 693 g/mol. The van der Waals surface area contributed by atoms with Crippen molar-refractivity contribution in [3.05, 3.63) is 116 Å². The number of nitrogens with zero attached hydrogens (tertiary/aromatic N) is 1. The molecule has 0 aliphatic heterocycles. The molecule has 0 atom stereocenters. The van der Waals surface area contributed by atoms with E-state index >= 15 is 0 Å². The Balaban J connectivity index is 1.45. The first-order valence-corrected chi connectivity index (χ1v) is 14.4. The smallest absolute Gasteiger partial charge is 0.345 e. The van der Waals surface area contributed by atoms with Crippen LogP contribution in [0.2, 0.25) is 5.02 Å². The Morgan fingerprint density at radius 2 is 1.76 bits per heavy atom. The van der Waals surface area contributed by atoms with Crippen LogP contribution in [0, 0.1) is 0 Å². The number of benzene rings is 4. The molecule has 206 valence electrons. The third-order valence-electron chi connectivity index (χ3n) is 6.07. The van der Waals surface area contributed by atoms with Crippen molar-refractivity contribution >= 4 is 72.5 Å². The van der Waals surface area contributed by atoms with Gasteiger partial charge in [0.15, 0.2) is 5.75 Å². The maximum Gasteiger partial charge on any atom is 0.345 e. The molecule has 0 radical (unpaired) electrons. The molecule has 10 heteroatoms. The van der Waals surface area contributed by atoms with Gasteiger partial charge in [0, 0.05) is 26.5 Å². The summed E-state index contributed by atoms with van der Waals surface area (Å²) in [6, 6.07) is 25.3. The lowest BCUT2D eigenvalue weighted by Gasteiger charge is -2.11. The maximum absolute atomic E-state index is 13.4. The molecule has 1 aromatic heterocycles. The van der Waals surface area contributed by atoms with Crippen LogP contribution in [-0.4, -0.2) is 29.7 Å². The molecule has 1 amide bonds. The van der Waals surface area contributed by atoms with Crippen LogP contribution in [-0.2, 0) is 0 Å². The topological polar surface area (TPSA) is 92.8 Å². The summed E-state index contributed by atoms with van der Waals surface area (Å²) in [5.74, 6) is -0.150. The van der Waals surface area contributed by atoms with Gasteiger partial charge in [-0.2, -0.15) is 5.10 Å². The van der Waals surface area contributed by atoms with Gasteiger partial charge in [0.05, 0.1) is 27.9 Å². The number of hydrogen-bond acceptors (Lipinski definition) is 5. The molecule has 5 aromatic rings. The molecule has 5 rings (SSSR count). The second-order valence-electron chi connectivity index (χ2n) is 8.76. The molecule has 0 saturated heterocycles. The van der Waals surface area contributed by atoms with E-state index in [1.165, 1.54) is 6.21 Å². The van der Waals surface area contributed by atoms with E-state index < -0.39 is 11.9 Å². The minimum Gasteiger partial charge on any atom is -0.494 e. The quantitative estimate of drug-likeness (QED) is 0.0739. The zero-order valence-electron chi connectivity index (χ0n) is 21.6. The summed E-state index contributed by atoms with van der Waals surface area (Å²) in [5.41, 5.74) is 5.98. The van der Waals surface area contributed by atoms with Gasteiger partial charge in [0.25, 0.3) is 5.91 Å². The number of amides is 1. The Morgan fingerprint density at radius 1 is 1.00 bits per heavy atom. The largest absolute Gasteiger partial charge is 0.494 e. The Bertz CT molecular complexity index is 1790. The van der Waals surface area contributed by atoms with Crippen LogP contribution in [0.25, 0.3) is 22.0 Å². The molecule has 0 bridgehead atoms. The molecule has 7 nitrogen and oxygen atoms in total. The first-order chi connectivity index (χ1) is 19.9. The lowest BCUT2D eigenvalue weighted by atomic mass is 10.0. The SMILES string of the molecule is CCOc1ccc2[nH]c(C(=O)NN=Cc3cc(Br)cc(Br)c3OC(=O)c3ccccc3Cl)c(-c3ccccc3)c2c1. The average molecular weight is 696 g/mol. The zero-order valence-corrected chi connectivity index (χ0v) is 25.5. The van der Waals surface area contributed by atoms with Crippen LogP contribution >= 0.6 is 43.5 Å². The van der Waals surface area contributed by atoms with Crippen LogP contribution in [0.4, 0.5) is 0 Å². The Labute approximate surface area is 257 Å². The number of aromatic amines is 1. The normalized spacial score (nSPS) is 11.1. The molecule has 41 heavy (non-hydrogen) atoms. The summed E-state index contributed by atoms with van der Waals surface area (Å²) in [7, 11) is 0. The first-order valence-electron chi connectivity index (χ1n) is 12.5. The summed E-state index contributed by atoms with van der Waals surface area (Å²) >= 11 is 13.1. The highest BCUT2D eigenvalue weighted by Crippen LogP contribution is 2.35. The van der Waals surface area contributed by atoms with E-state index in [0.29, 0.717) is 32.6 Å². The van der Waals surface area contributed by atoms with Crippen molar-refractivity contribution in [2.24, 2.45) is 5.10 Å². The van der Waals surface area contributed by atoms with Gasteiger partial charge in [-0.1, -0.05) is 70.0 Å². The number of hydrazone groups is 1. The maximum atomic E-state index is 13.4. The predicted octanol–water partition coefficient (Wildman–Crippen LogP) is 8.40. The molecule has 0 fully saturated rings. The van der Waals surface area contributed by atoms with Gasteiger partial charge in [-0.05, 0) is 70.9 Å². The highest BCUT2D eigenvalue weighted by Gasteiger charge is 2.20. The number of esters is 1. The van der Waals surface area contributed by atoms with E-state index in [0.717, 1.165) is 22.0 Å². The summed E-state index contributed by atoms with van der Waals surface area (Å²) in [5, 5.41) is 5.30. The number of ether oxygens (including phenoxy) is 2. The summed E-state index contributed by atoms with van der Waals surface area (Å²) in [6.07, 6.45) is 1.40. The molecule has 2 N–H and O–H groups in total. The van der Waals surface area contributed by atoms with E-state index in [1.807, 2.05) is 55.5 Å². The van der Waals surface area contributed by atoms with E-state index in [1.54, 1.807) is 36.4 Å². The number of H-pyrrole nitrogens is 1. The number of nitrogens with one attached hydrogen (secondary N) is 2. The van der Waals surface area contributed by atoms with Crippen LogP contribution in [0.1, 0.15) is 33.3 Å². The molecular weight excluding hydrogens is 674 g/mol. The van der Waals surface area contributed by atoms with Gasteiger partial charge in [-0.3, -0.25) is 4.79 Å². The lowest BCUT2D eigenvalue weighted by Crippen LogP contribution is -2.19. The van der Waals surface area contributed by atoms with E-state index in [9.17, 15) is 9.59 Å². The number of hydrogen-bond donors (Lipinski definition) is 2. The van der Waals surface area contributed by atoms with Crippen molar-refractivity contribution in [2.45, 2.75) is 6.92 Å². The molecule has 1 heterocycles. The van der Waals surface area contributed by atoms with Gasteiger partial charge in [0.2, 0.25) is 0 Å². The van der Waals surface area contributed by atoms with E-state index in [4.69, 9.17) is 21.1 Å². The number of aromatic nitrogens is 1. The number of fused-ring (bicyclic) bond motifs is 1. The molecule has 0 unspecified atom stereocenters. The molecule has 0 spiro atoms. The Morgan fingerprint density at radius 3 is 2.51 bits per heavy atom. The molecule has 0 aliphatic rings. The van der Waals surface area contributed by atoms with Gasteiger partial charge in [0.1, 0.15) is 11.4 Å². The van der Waals surface area contributed by atoms with Crippen molar-refractivity contribution < 1.29 is 19.1 Å². The van der Waals surface area contributed by atoms with Crippen molar-refractivity contribution in [3.8, 4) is 22.6 Å². The van der Waals surface area contributed by atoms with E-state index in [2.05, 4.69) is 47.4 Å². The highest BCUT2D eigenvalue weighted by molar-refractivity contribution is 9.11. The van der Waals surface area contributed by atoms with Crippen molar-refractivity contribution in [1.29, 1.82) is 0 Å². The number of carbonyl (C=O) groups is 2. The lowest BCUT2D eigenvalue weighted by molar-refractivity contribution is 0.0733. The highest BCUT2D eigenvalue weighted by atomic mass is 79.9. The van der Waals surface area contributed by atoms with Gasteiger partial charge < -0.3 is 14.5 Å². The van der Waals surface area contributed by atoms with Crippen LogP contribution < -0.4 is 14.9 Å². The van der Waals surface area contributed by atoms with Crippen molar-refractivity contribution in [3.63, 3.8) is 0 Å². The minimum atomic E-state index is -0.630. The fourth-order valence-electron chi connectivity index (χ4n) is 4.28. The van der Waals surface area contributed by atoms with Crippen LogP contribution in [0.5, 0.6) is 11.5 Å². The predicted molar refractivity (Wildman–Crippen MR) is 168 cm³/mol. The Hall–Kier alpha value is -3.92. The molecular formula is C31H22Br2ClN3O4. The first kappa shape index (κ1) is 28.6. The Kier molecular flexibility index (Phi) is 8.87. The van der Waals surface area contributed by atoms with Crippen LogP contribution in [0.15, 0.2) is 99.0 Å². The number of rotatable bonds is 8. The third-order valence-corrected chi connectivity index (χ3v) is 7.44. The molecule has 4 aromatic carbocycles. The zero-order chi connectivity index (χ0) is 28.9. The summed E-state index contributed by atoms with van der Waals surface area (Å²) in [6.45, 7) is 2.45. The van der Waals surface area contributed by atoms with Gasteiger partial charge >= 0.3 is 5.97 Å². The van der Waals surface area contributed by atoms with Crippen LogP contribution in [0.3, 0.4) is 0 Å². The standard InChI is InChI=1S/C31H22Br2ClN3O4/c1-2-40-21-12-13-26-23(16-21)27(18-8-4-3-5-9-18)28(36-26)30(38)37-35-17-19-14-20(32)15-24(33)29(19)41-31(39)22-10-6-7-11-25(22)34/h3-17,36H,2H2,1H3,(H,37,38). The van der Waals surface area contributed by atoms with Crippen molar-refractivity contribution in [2.75, 3.05) is 6.61 Å². The van der Waals surface area contributed by atoms with Gasteiger partial charge in [-0.15, -0.1) is 0 Å². The molecule has 0 saturated carbocycles. The fraction of sp³-hybridized carbons (Fsp3) is 0.0645. The second kappa shape index (κ2) is 12.7. The average Bonchev–Trinajstić information content (AvgIpc) is 3.34. The third kappa shape index (κ3) is 6.37. The van der Waals surface area contributed by atoms with Crippen molar-refractivity contribution in [1.82, 2.24) is 10.4 Å². The fourth-order valence-corrected chi connectivity index (χ4v) is 5.83. The number of halogens is 3. The summed E-state index contributed by atoms with van der Waals surface area (Å²) < 4.78 is 12.6.